The summed E-state index contributed by atoms with van der Waals surface area (Å²) in [5, 5.41) is 2.41. The predicted molar refractivity (Wildman–Crippen MR) is 267 cm³/mol. The molecule has 0 N–H and O–H groups in total. The number of nitrogens with zero attached hydrogens (tertiary/aromatic N) is 6. The van der Waals surface area contributed by atoms with Crippen molar-refractivity contribution in [2.75, 3.05) is 0 Å². The topological polar surface area (TPSA) is 69.4 Å². The minimum Gasteiger partial charge on any atom is -0.303 e. The molecule has 0 aliphatic rings. The number of benzene rings is 2. The first-order valence-corrected chi connectivity index (χ1v) is 21.5. The molecule has 61 heavy (non-hydrogen) atoms. The average molecular weight is 832 g/mol. The van der Waals surface area contributed by atoms with Gasteiger partial charge in [0.05, 0.1) is 15.9 Å². The van der Waals surface area contributed by atoms with E-state index in [0.29, 0.717) is 17.5 Å². The maximum Gasteiger partial charge on any atom is 0.194 e. The van der Waals surface area contributed by atoms with Gasteiger partial charge in [-0.15, -0.1) is 11.3 Å². The summed E-state index contributed by atoms with van der Waals surface area (Å²) in [6, 6.07) is 19.9. The van der Waals surface area contributed by atoms with Crippen LogP contribution in [0.25, 0.3) is 76.0 Å². The standard InChI is InChI=1S/C52H48BN6S2/c1-11-17-30-42-35(8)59(52-55-44(25-13-3)46(16-6)61-52)47(53-10)43(42)32-37(14-4)34(7)31-41(24-12-2)51-54-45(36(9)60-51)33-38(15-5)48-56-49(39-26-20-18-21-27-39)58-50(57-48)40-28-22-19-23-29-40/h11-33H,1-2,4,6,9H2,3,5,7-8,10H3/b25-13-,30-17-,34-31+,37-32+,38-15+,41-24+,45-33+. The molecule has 0 atom stereocenters. The predicted octanol–water partition coefficient (Wildman–Crippen LogP) is 11.6. The molecule has 6 rings (SSSR count). The number of allylic oxidation sites excluding steroid dienone is 12. The number of thiazole rings is 2. The molecule has 0 amide bonds. The third kappa shape index (κ3) is 9.81. The molecule has 6 aromatic rings. The molecule has 0 bridgehead atoms. The van der Waals surface area contributed by atoms with Crippen LogP contribution in [0.3, 0.4) is 0 Å². The Balaban J connectivity index is 1.42. The normalized spacial score (nSPS) is 13.0. The fraction of sp³-hybridized carbons (Fsp3) is 0.0962. The van der Waals surface area contributed by atoms with Crippen LogP contribution >= 0.6 is 22.7 Å². The van der Waals surface area contributed by atoms with E-state index in [1.54, 1.807) is 23.5 Å². The zero-order chi connectivity index (χ0) is 43.5. The summed E-state index contributed by atoms with van der Waals surface area (Å²) >= 11 is 3.13. The van der Waals surface area contributed by atoms with E-state index in [1.807, 2.05) is 123 Å². The van der Waals surface area contributed by atoms with Crippen molar-refractivity contribution < 1.29 is 0 Å². The maximum absolute atomic E-state index is 5.12. The van der Waals surface area contributed by atoms with Crippen molar-refractivity contribution in [3.63, 3.8) is 0 Å². The summed E-state index contributed by atoms with van der Waals surface area (Å²) in [7, 11) is 2.13. The van der Waals surface area contributed by atoms with Crippen LogP contribution in [0.2, 0.25) is 6.82 Å². The summed E-state index contributed by atoms with van der Waals surface area (Å²) < 4.78 is 3.03. The number of hydrogen-bond donors (Lipinski definition) is 0. The lowest BCUT2D eigenvalue weighted by atomic mass is 9.74. The van der Waals surface area contributed by atoms with E-state index >= 15 is 0 Å². The summed E-state index contributed by atoms with van der Waals surface area (Å²) in [6.45, 7) is 30.9. The molecule has 9 heteroatoms. The molecule has 4 aromatic heterocycles. The summed E-state index contributed by atoms with van der Waals surface area (Å²) in [4.78, 5) is 25.9. The van der Waals surface area contributed by atoms with Crippen molar-refractivity contribution in [3.8, 4) is 27.9 Å². The Labute approximate surface area is 368 Å². The first-order valence-electron chi connectivity index (χ1n) is 19.8. The molecule has 0 fully saturated rings. The number of aromatic nitrogens is 6. The minimum atomic E-state index is 0.548. The van der Waals surface area contributed by atoms with E-state index in [-0.39, 0.29) is 0 Å². The van der Waals surface area contributed by atoms with Crippen LogP contribution in [0, 0.1) is 6.92 Å². The molecule has 0 aliphatic carbocycles. The molecule has 1 radical (unpaired) electrons. The van der Waals surface area contributed by atoms with E-state index < -0.39 is 0 Å². The highest BCUT2D eigenvalue weighted by atomic mass is 32.1. The average Bonchev–Trinajstić information content (AvgIpc) is 3.95. The van der Waals surface area contributed by atoms with Crippen LogP contribution in [0.4, 0.5) is 0 Å². The lowest BCUT2D eigenvalue weighted by Gasteiger charge is -2.09. The van der Waals surface area contributed by atoms with Gasteiger partial charge in [0.1, 0.15) is 5.01 Å². The Kier molecular flexibility index (Phi) is 14.7. The molecule has 0 saturated heterocycles. The van der Waals surface area contributed by atoms with Crippen LogP contribution in [0.15, 0.2) is 147 Å². The number of hydrogen-bond acceptors (Lipinski definition) is 7. The quantitative estimate of drug-likeness (QED) is 0.0718. The Hall–Kier alpha value is -6.81. The molecule has 4 heterocycles. The van der Waals surface area contributed by atoms with E-state index in [2.05, 4.69) is 83.6 Å². The monoisotopic (exact) mass is 831 g/mol. The highest BCUT2D eigenvalue weighted by Gasteiger charge is 2.21. The molecular formula is C52H48BN6S2. The van der Waals surface area contributed by atoms with Crippen LogP contribution in [-0.2, 0) is 0 Å². The molecule has 0 saturated carbocycles. The molecule has 0 spiro atoms. The van der Waals surface area contributed by atoms with Crippen LogP contribution in [0.1, 0.15) is 59.0 Å². The second-order valence-corrected chi connectivity index (χ2v) is 15.8. The Morgan fingerprint density at radius 3 is 2.02 bits per heavy atom. The zero-order valence-corrected chi connectivity index (χ0v) is 37.0. The van der Waals surface area contributed by atoms with Gasteiger partial charge >= 0.3 is 0 Å². The van der Waals surface area contributed by atoms with Gasteiger partial charge in [-0.2, -0.15) is 0 Å². The Bertz CT molecular complexity index is 2860. The second-order valence-electron chi connectivity index (χ2n) is 13.7. The van der Waals surface area contributed by atoms with Gasteiger partial charge in [0.15, 0.2) is 29.9 Å². The largest absolute Gasteiger partial charge is 0.303 e. The third-order valence-corrected chi connectivity index (χ3v) is 11.8. The van der Waals surface area contributed by atoms with E-state index in [9.17, 15) is 0 Å². The van der Waals surface area contributed by atoms with Gasteiger partial charge in [-0.05, 0) is 80.4 Å². The summed E-state index contributed by atoms with van der Waals surface area (Å²) in [5.74, 6) is 1.74. The minimum absolute atomic E-state index is 0.548. The highest BCUT2D eigenvalue weighted by Crippen LogP contribution is 2.31. The lowest BCUT2D eigenvalue weighted by Crippen LogP contribution is -2.24. The molecule has 2 aromatic carbocycles. The fourth-order valence-electron chi connectivity index (χ4n) is 6.74. The van der Waals surface area contributed by atoms with Crippen molar-refractivity contribution >= 4 is 83.7 Å². The highest BCUT2D eigenvalue weighted by molar-refractivity contribution is 7.15. The Morgan fingerprint density at radius 2 is 1.46 bits per heavy atom. The summed E-state index contributed by atoms with van der Waals surface area (Å²) in [6.07, 6.45) is 25.7. The fourth-order valence-corrected chi connectivity index (χ4v) is 8.54. The van der Waals surface area contributed by atoms with Gasteiger partial charge in [-0.25, -0.2) is 24.9 Å². The number of rotatable bonds is 16. The molecule has 0 unspecified atom stereocenters. The van der Waals surface area contributed by atoms with Crippen molar-refractivity contribution in [2.24, 2.45) is 0 Å². The SMILES string of the molecule is C=C/C=C\c1c(/C=C(C=C)/C(C)=C/C(=C\C=C)c2n/c(=C/C(=C\C)c3nc(-c4ccccc4)nc(-c4ccccc4)n3)c(=C)s2)c([B]C)n(-c2nc(/C=C\C)c(C=C)s2)c1C. The van der Waals surface area contributed by atoms with Gasteiger partial charge < -0.3 is 4.57 Å². The van der Waals surface area contributed by atoms with Gasteiger partial charge in [-0.3, -0.25) is 0 Å². The van der Waals surface area contributed by atoms with E-state index in [0.717, 1.165) is 86.4 Å². The van der Waals surface area contributed by atoms with Gasteiger partial charge in [0, 0.05) is 38.1 Å². The Morgan fingerprint density at radius 1 is 0.787 bits per heavy atom. The van der Waals surface area contributed by atoms with Crippen molar-refractivity contribution in [2.45, 2.75) is 34.5 Å². The second kappa shape index (κ2) is 20.4. The van der Waals surface area contributed by atoms with Gasteiger partial charge in [0.2, 0.25) is 0 Å². The van der Waals surface area contributed by atoms with Crippen LogP contribution in [0.5, 0.6) is 0 Å². The van der Waals surface area contributed by atoms with Crippen LogP contribution in [-0.4, -0.2) is 36.8 Å². The first kappa shape index (κ1) is 43.8. The van der Waals surface area contributed by atoms with Crippen molar-refractivity contribution in [3.05, 3.63) is 195 Å². The molecular weight excluding hydrogens is 784 g/mol. The molecule has 0 aliphatic heterocycles. The first-order chi connectivity index (χ1) is 29.7. The van der Waals surface area contributed by atoms with Gasteiger partial charge in [0.25, 0.3) is 0 Å². The lowest BCUT2D eigenvalue weighted by molar-refractivity contribution is 1.02. The maximum atomic E-state index is 5.12. The molecule has 6 nitrogen and oxygen atoms in total. The van der Waals surface area contributed by atoms with E-state index in [1.165, 1.54) is 11.3 Å². The summed E-state index contributed by atoms with van der Waals surface area (Å²) in [5.41, 5.74) is 10.6. The van der Waals surface area contributed by atoms with Crippen LogP contribution < -0.4 is 15.5 Å². The smallest absolute Gasteiger partial charge is 0.194 e. The molecule has 301 valence electrons. The van der Waals surface area contributed by atoms with Gasteiger partial charge in [-0.1, -0.05) is 160 Å². The third-order valence-electron chi connectivity index (χ3n) is 9.76. The van der Waals surface area contributed by atoms with Crippen molar-refractivity contribution in [1.82, 2.24) is 29.5 Å². The zero-order valence-electron chi connectivity index (χ0n) is 35.4. The van der Waals surface area contributed by atoms with E-state index in [4.69, 9.17) is 24.9 Å². The van der Waals surface area contributed by atoms with Crippen molar-refractivity contribution in [1.29, 1.82) is 0 Å².